The lowest BCUT2D eigenvalue weighted by Gasteiger charge is -2.58. The van der Waals surface area contributed by atoms with Crippen molar-refractivity contribution < 1.29 is 19.4 Å². The Bertz CT molecular complexity index is 932. The molecule has 2 unspecified atom stereocenters. The van der Waals surface area contributed by atoms with E-state index in [0.29, 0.717) is 18.3 Å². The number of carbonyl (C=O) groups is 2. The van der Waals surface area contributed by atoms with Gasteiger partial charge in [-0.15, -0.1) is 0 Å². The molecule has 4 fully saturated rings. The largest absolute Gasteiger partial charge is 0.457 e. The third-order valence-electron chi connectivity index (χ3n) is 8.05. The molecule has 1 heterocycles. The highest BCUT2D eigenvalue weighted by Crippen LogP contribution is 2.62. The number of ketones is 1. The maximum atomic E-state index is 13.0. The summed E-state index contributed by atoms with van der Waals surface area (Å²) in [4.78, 5) is 27.8. The average molecular weight is 410 g/mol. The van der Waals surface area contributed by atoms with E-state index < -0.39 is 11.0 Å². The third kappa shape index (κ3) is 2.93. The highest BCUT2D eigenvalue weighted by atomic mass is 16.5. The molecule has 0 amide bonds. The number of hydrogen-bond donors (Lipinski definition) is 1. The van der Waals surface area contributed by atoms with E-state index in [1.54, 1.807) is 6.08 Å². The zero-order valence-electron chi connectivity index (χ0n) is 18.1. The smallest absolute Gasteiger partial charge is 0.312 e. The molecule has 0 saturated heterocycles. The van der Waals surface area contributed by atoms with Gasteiger partial charge in [0.15, 0.2) is 12.4 Å². The van der Waals surface area contributed by atoms with Crippen molar-refractivity contribution in [1.29, 1.82) is 0 Å². The summed E-state index contributed by atoms with van der Waals surface area (Å²) < 4.78 is 5.56. The number of hydrogen-bond acceptors (Lipinski definition) is 5. The lowest BCUT2D eigenvalue weighted by atomic mass is 9.48. The summed E-state index contributed by atoms with van der Waals surface area (Å²) in [6.45, 7) is 3.98. The molecule has 160 valence electrons. The van der Waals surface area contributed by atoms with Crippen LogP contribution in [-0.2, 0) is 19.7 Å². The van der Waals surface area contributed by atoms with Gasteiger partial charge < -0.3 is 14.7 Å². The molecule has 1 N–H and O–H groups in total. The zero-order valence-corrected chi connectivity index (χ0v) is 18.1. The molecule has 30 heavy (non-hydrogen) atoms. The van der Waals surface area contributed by atoms with Gasteiger partial charge in [-0.3, -0.25) is 9.59 Å². The molecular formula is C25H31NO4. The first-order valence-electron chi connectivity index (χ1n) is 11.1. The fraction of sp³-hybridized carbons (Fsp3) is 0.600. The Balaban J connectivity index is 1.29. The normalized spacial score (nSPS) is 36.8. The van der Waals surface area contributed by atoms with Gasteiger partial charge in [0, 0.05) is 29.9 Å². The van der Waals surface area contributed by atoms with E-state index in [0.717, 1.165) is 43.5 Å². The van der Waals surface area contributed by atoms with Crippen LogP contribution in [0.1, 0.15) is 57.9 Å². The number of fused-ring (bicyclic) bond motifs is 1. The molecule has 0 aromatic heterocycles. The van der Waals surface area contributed by atoms with Gasteiger partial charge in [-0.05, 0) is 62.0 Å². The van der Waals surface area contributed by atoms with E-state index in [1.165, 1.54) is 5.56 Å². The number of nitrogens with zero attached hydrogens (tertiary/aromatic N) is 1. The van der Waals surface area contributed by atoms with E-state index in [1.807, 2.05) is 24.1 Å². The first kappa shape index (κ1) is 19.8. The van der Waals surface area contributed by atoms with Crippen molar-refractivity contribution in [1.82, 2.24) is 0 Å². The Kier molecular flexibility index (Phi) is 4.24. The number of likely N-dealkylation sites (N-methyl/N-ethyl adjacent to an activating group) is 1. The van der Waals surface area contributed by atoms with Crippen LogP contribution in [0.2, 0.25) is 0 Å². The summed E-state index contributed by atoms with van der Waals surface area (Å²) >= 11 is 0. The Hall–Kier alpha value is -2.14. The minimum absolute atomic E-state index is 0.200. The first-order chi connectivity index (χ1) is 14.1. The maximum Gasteiger partial charge on any atom is 0.312 e. The minimum Gasteiger partial charge on any atom is -0.457 e. The summed E-state index contributed by atoms with van der Waals surface area (Å²) in [6.07, 6.45) is 6.45. The van der Waals surface area contributed by atoms with Crippen LogP contribution >= 0.6 is 0 Å². The lowest BCUT2D eigenvalue weighted by Crippen LogP contribution is -2.58. The SMILES string of the molecule is CN1C(=CC(=O)COC(=O)C23CC4CC(CC(O)(C4)C2)C3)C(C)(C)c2ccccc21. The van der Waals surface area contributed by atoms with Crippen LogP contribution in [-0.4, -0.2) is 36.1 Å². The molecule has 1 aliphatic heterocycles. The fourth-order valence-corrected chi connectivity index (χ4v) is 7.20. The topological polar surface area (TPSA) is 66.8 Å². The molecule has 4 bridgehead atoms. The summed E-state index contributed by atoms with van der Waals surface area (Å²) in [6, 6.07) is 8.16. The van der Waals surface area contributed by atoms with Crippen LogP contribution in [0.5, 0.6) is 0 Å². The second kappa shape index (κ2) is 6.43. The van der Waals surface area contributed by atoms with Gasteiger partial charge in [0.05, 0.1) is 11.0 Å². The number of anilines is 1. The van der Waals surface area contributed by atoms with Crippen molar-refractivity contribution in [2.75, 3.05) is 18.6 Å². The van der Waals surface area contributed by atoms with Gasteiger partial charge in [-0.2, -0.15) is 0 Å². The molecule has 2 atom stereocenters. The van der Waals surface area contributed by atoms with Crippen molar-refractivity contribution >= 4 is 17.4 Å². The standard InChI is InChI=1S/C25H31NO4/c1-23(2)19-6-4-5-7-20(19)26(3)21(23)9-18(27)14-30-22(28)24-10-16-8-17(11-24)13-25(29,12-16)15-24/h4-7,9,16-17,29H,8,10-15H2,1-3H3. The summed E-state index contributed by atoms with van der Waals surface area (Å²) in [5.41, 5.74) is 1.61. The zero-order chi connectivity index (χ0) is 21.3. The van der Waals surface area contributed by atoms with Gasteiger partial charge in [-0.25, -0.2) is 0 Å². The first-order valence-corrected chi connectivity index (χ1v) is 11.1. The van der Waals surface area contributed by atoms with Gasteiger partial charge in [0.2, 0.25) is 0 Å². The molecule has 1 aromatic carbocycles. The Morgan fingerprint density at radius 1 is 1.17 bits per heavy atom. The van der Waals surface area contributed by atoms with Crippen molar-refractivity contribution in [2.24, 2.45) is 17.3 Å². The van der Waals surface area contributed by atoms with Gasteiger partial charge >= 0.3 is 5.97 Å². The number of benzene rings is 1. The van der Waals surface area contributed by atoms with Crippen molar-refractivity contribution in [2.45, 2.75) is 63.4 Å². The quantitative estimate of drug-likeness (QED) is 0.606. The fourth-order valence-electron chi connectivity index (χ4n) is 7.20. The molecule has 4 aliphatic carbocycles. The van der Waals surface area contributed by atoms with Crippen LogP contribution in [0.15, 0.2) is 36.0 Å². The number of aliphatic hydroxyl groups is 1. The molecule has 5 aliphatic rings. The molecule has 1 aromatic rings. The van der Waals surface area contributed by atoms with E-state index in [9.17, 15) is 14.7 Å². The molecule has 4 saturated carbocycles. The number of carbonyl (C=O) groups excluding carboxylic acids is 2. The number of esters is 1. The molecule has 6 rings (SSSR count). The predicted molar refractivity (Wildman–Crippen MR) is 114 cm³/mol. The van der Waals surface area contributed by atoms with Crippen molar-refractivity contribution in [3.8, 4) is 0 Å². The molecule has 0 radical (unpaired) electrons. The average Bonchev–Trinajstić information content (AvgIpc) is 2.85. The van der Waals surface area contributed by atoms with Gasteiger partial charge in [-0.1, -0.05) is 32.0 Å². The van der Waals surface area contributed by atoms with Gasteiger partial charge in [0.1, 0.15) is 0 Å². The van der Waals surface area contributed by atoms with E-state index >= 15 is 0 Å². The highest BCUT2D eigenvalue weighted by Gasteiger charge is 2.60. The van der Waals surface area contributed by atoms with Crippen LogP contribution in [0.3, 0.4) is 0 Å². The van der Waals surface area contributed by atoms with Crippen LogP contribution < -0.4 is 4.90 Å². The number of allylic oxidation sites excluding steroid dienone is 1. The maximum absolute atomic E-state index is 13.0. The summed E-state index contributed by atoms with van der Waals surface area (Å²) in [5.74, 6) is 0.333. The second-order valence-electron chi connectivity index (χ2n) is 10.7. The Morgan fingerprint density at radius 3 is 2.47 bits per heavy atom. The van der Waals surface area contributed by atoms with E-state index in [4.69, 9.17) is 4.74 Å². The molecule has 5 nitrogen and oxygen atoms in total. The molecular weight excluding hydrogens is 378 g/mol. The third-order valence-corrected chi connectivity index (χ3v) is 8.05. The Morgan fingerprint density at radius 2 is 1.83 bits per heavy atom. The second-order valence-corrected chi connectivity index (χ2v) is 10.7. The lowest BCUT2D eigenvalue weighted by molar-refractivity contribution is -0.196. The van der Waals surface area contributed by atoms with E-state index in [2.05, 4.69) is 26.0 Å². The predicted octanol–water partition coefficient (Wildman–Crippen LogP) is 3.74. The Labute approximate surface area is 178 Å². The monoisotopic (exact) mass is 409 g/mol. The summed E-state index contributed by atoms with van der Waals surface area (Å²) in [5, 5.41) is 10.9. The molecule has 5 heteroatoms. The minimum atomic E-state index is -0.711. The van der Waals surface area contributed by atoms with E-state index in [-0.39, 0.29) is 23.8 Å². The number of para-hydroxylation sites is 1. The van der Waals surface area contributed by atoms with Crippen LogP contribution in [0, 0.1) is 17.3 Å². The van der Waals surface area contributed by atoms with Gasteiger partial charge in [0.25, 0.3) is 0 Å². The highest BCUT2D eigenvalue weighted by molar-refractivity contribution is 5.94. The molecule has 0 spiro atoms. The number of ether oxygens (including phenoxy) is 1. The van der Waals surface area contributed by atoms with Crippen LogP contribution in [0.4, 0.5) is 5.69 Å². The van der Waals surface area contributed by atoms with Crippen LogP contribution in [0.25, 0.3) is 0 Å². The van der Waals surface area contributed by atoms with Crippen molar-refractivity contribution in [3.63, 3.8) is 0 Å². The van der Waals surface area contributed by atoms with Crippen molar-refractivity contribution in [3.05, 3.63) is 41.6 Å². The summed E-state index contributed by atoms with van der Waals surface area (Å²) in [7, 11) is 1.97. The number of rotatable bonds is 4.